The van der Waals surface area contributed by atoms with Gasteiger partial charge in [-0.2, -0.15) is 5.11 Å². The maximum Gasteiger partial charge on any atom is 0.132 e. The summed E-state index contributed by atoms with van der Waals surface area (Å²) in [5, 5.41) is 10.0. The zero-order valence-electron chi connectivity index (χ0n) is 9.48. The fraction of sp³-hybridized carbons (Fsp3) is 0.900. The van der Waals surface area contributed by atoms with Crippen LogP contribution in [0.2, 0.25) is 0 Å². The van der Waals surface area contributed by atoms with Crippen molar-refractivity contribution < 1.29 is 9.53 Å². The van der Waals surface area contributed by atoms with Gasteiger partial charge in [-0.15, -0.1) is 0 Å². The maximum atomic E-state index is 11.1. The van der Waals surface area contributed by atoms with E-state index in [4.69, 9.17) is 4.74 Å². The summed E-state index contributed by atoms with van der Waals surface area (Å²) >= 11 is 0. The largest absolute Gasteiger partial charge is 0.383 e. The Morgan fingerprint density at radius 2 is 2.40 bits per heavy atom. The molecular weight excluding hydrogens is 194 g/mol. The van der Waals surface area contributed by atoms with Gasteiger partial charge in [-0.05, 0) is 6.42 Å². The lowest BCUT2D eigenvalue weighted by Gasteiger charge is -2.12. The van der Waals surface area contributed by atoms with Crippen LogP contribution in [0, 0.1) is 0 Å². The van der Waals surface area contributed by atoms with E-state index in [1.54, 1.807) is 7.11 Å². The Bertz CT molecular complexity index is 231. The monoisotopic (exact) mass is 213 g/mol. The molecule has 1 heterocycles. The van der Waals surface area contributed by atoms with Crippen LogP contribution in [-0.2, 0) is 9.53 Å². The van der Waals surface area contributed by atoms with Crippen LogP contribution in [0.3, 0.4) is 0 Å². The molecule has 5 heteroatoms. The van der Waals surface area contributed by atoms with E-state index < -0.39 is 0 Å². The van der Waals surface area contributed by atoms with Gasteiger partial charge in [0, 0.05) is 20.0 Å². The van der Waals surface area contributed by atoms with Gasteiger partial charge in [-0.3, -0.25) is 9.80 Å². The second kappa shape index (κ2) is 6.50. The van der Waals surface area contributed by atoms with Gasteiger partial charge in [0.15, 0.2) is 0 Å². The molecule has 0 saturated carbocycles. The fourth-order valence-corrected chi connectivity index (χ4v) is 1.45. The summed E-state index contributed by atoms with van der Waals surface area (Å²) in [5.41, 5.74) is 0. The smallest absolute Gasteiger partial charge is 0.132 e. The molecule has 1 aliphatic heterocycles. The molecule has 0 aromatic rings. The molecule has 0 spiro atoms. The molecule has 0 amide bonds. The van der Waals surface area contributed by atoms with Crippen molar-refractivity contribution in [3.63, 3.8) is 0 Å². The molecule has 0 aliphatic carbocycles. The zero-order chi connectivity index (χ0) is 11.1. The highest BCUT2D eigenvalue weighted by Gasteiger charge is 2.19. The molecule has 1 aliphatic rings. The van der Waals surface area contributed by atoms with Gasteiger partial charge in [-0.25, -0.2) is 0 Å². The van der Waals surface area contributed by atoms with Crippen molar-refractivity contribution in [2.24, 2.45) is 10.3 Å². The number of ether oxygens (including phenoxy) is 1. The Balaban J connectivity index is 2.14. The molecule has 15 heavy (non-hydrogen) atoms. The molecule has 1 atom stereocenters. The van der Waals surface area contributed by atoms with E-state index in [0.717, 1.165) is 19.5 Å². The van der Waals surface area contributed by atoms with Gasteiger partial charge in [-0.1, -0.05) is 12.1 Å². The fourth-order valence-electron chi connectivity index (χ4n) is 1.45. The van der Waals surface area contributed by atoms with Gasteiger partial charge in [0.05, 0.1) is 25.7 Å². The third-order valence-electron chi connectivity index (χ3n) is 2.47. The molecule has 0 N–H and O–H groups in total. The zero-order valence-corrected chi connectivity index (χ0v) is 9.48. The minimum Gasteiger partial charge on any atom is -0.383 e. The van der Waals surface area contributed by atoms with Crippen molar-refractivity contribution in [1.82, 2.24) is 5.01 Å². The summed E-state index contributed by atoms with van der Waals surface area (Å²) in [4.78, 5) is 11.1. The van der Waals surface area contributed by atoms with Crippen LogP contribution in [0.1, 0.15) is 26.2 Å². The van der Waals surface area contributed by atoms with Gasteiger partial charge >= 0.3 is 0 Å². The quantitative estimate of drug-likeness (QED) is 0.643. The Hall–Kier alpha value is -0.970. The van der Waals surface area contributed by atoms with E-state index in [1.165, 1.54) is 0 Å². The van der Waals surface area contributed by atoms with Crippen molar-refractivity contribution in [2.75, 3.05) is 26.8 Å². The molecule has 1 rings (SSSR count). The Morgan fingerprint density at radius 1 is 1.60 bits per heavy atom. The Morgan fingerprint density at radius 3 is 3.07 bits per heavy atom. The molecule has 86 valence electrons. The molecular formula is C10H19N3O2. The first kappa shape index (κ1) is 12.1. The lowest BCUT2D eigenvalue weighted by molar-refractivity contribution is -0.118. The van der Waals surface area contributed by atoms with Crippen molar-refractivity contribution in [3.8, 4) is 0 Å². The molecule has 0 saturated heterocycles. The first-order chi connectivity index (χ1) is 7.26. The van der Waals surface area contributed by atoms with E-state index in [9.17, 15) is 4.79 Å². The van der Waals surface area contributed by atoms with Gasteiger partial charge in [0.1, 0.15) is 5.78 Å². The summed E-state index contributed by atoms with van der Waals surface area (Å²) in [5.74, 6) is 0.306. The highest BCUT2D eigenvalue weighted by atomic mass is 16.5. The Labute approximate surface area is 90.5 Å². The van der Waals surface area contributed by atoms with E-state index in [1.807, 2.05) is 11.9 Å². The molecule has 0 radical (unpaired) electrons. The number of carbonyl (C=O) groups is 1. The second-order valence-corrected chi connectivity index (χ2v) is 3.70. The SMILES string of the molecule is CCC(=O)CCC1CN(CCOC)N=N1. The van der Waals surface area contributed by atoms with Gasteiger partial charge in [0.2, 0.25) is 0 Å². The number of methoxy groups -OCH3 is 1. The van der Waals surface area contributed by atoms with E-state index >= 15 is 0 Å². The van der Waals surface area contributed by atoms with Crippen LogP contribution in [0.5, 0.6) is 0 Å². The van der Waals surface area contributed by atoms with Crippen LogP contribution in [-0.4, -0.2) is 43.6 Å². The standard InChI is InChI=1S/C10H19N3O2/c1-3-10(14)5-4-9-8-13(12-11-9)6-7-15-2/h9H,3-8H2,1-2H3. The number of hydrogen-bond acceptors (Lipinski definition) is 5. The van der Waals surface area contributed by atoms with Crippen LogP contribution in [0.25, 0.3) is 0 Å². The third-order valence-corrected chi connectivity index (χ3v) is 2.47. The van der Waals surface area contributed by atoms with Gasteiger partial charge < -0.3 is 4.74 Å². The van der Waals surface area contributed by atoms with Crippen molar-refractivity contribution in [1.29, 1.82) is 0 Å². The molecule has 0 aromatic heterocycles. The minimum atomic E-state index is 0.192. The number of rotatable bonds is 7. The maximum absolute atomic E-state index is 11.1. The van der Waals surface area contributed by atoms with Crippen LogP contribution >= 0.6 is 0 Å². The first-order valence-corrected chi connectivity index (χ1v) is 5.42. The molecule has 0 fully saturated rings. The molecule has 5 nitrogen and oxygen atoms in total. The van der Waals surface area contributed by atoms with Crippen molar-refractivity contribution >= 4 is 5.78 Å². The minimum absolute atomic E-state index is 0.192. The third kappa shape index (κ3) is 4.38. The van der Waals surface area contributed by atoms with Gasteiger partial charge in [0.25, 0.3) is 0 Å². The summed E-state index contributed by atoms with van der Waals surface area (Å²) in [6.45, 7) is 4.15. The second-order valence-electron chi connectivity index (χ2n) is 3.70. The van der Waals surface area contributed by atoms with Crippen molar-refractivity contribution in [3.05, 3.63) is 0 Å². The highest BCUT2D eigenvalue weighted by Crippen LogP contribution is 2.13. The summed E-state index contributed by atoms with van der Waals surface area (Å²) in [7, 11) is 1.67. The molecule has 0 bridgehead atoms. The topological polar surface area (TPSA) is 54.3 Å². The highest BCUT2D eigenvalue weighted by molar-refractivity contribution is 5.77. The number of ketones is 1. The summed E-state index contributed by atoms with van der Waals surface area (Å²) < 4.78 is 4.96. The predicted molar refractivity (Wildman–Crippen MR) is 56.6 cm³/mol. The summed E-state index contributed by atoms with van der Waals surface area (Å²) in [6, 6.07) is 0.192. The van der Waals surface area contributed by atoms with Crippen molar-refractivity contribution in [2.45, 2.75) is 32.2 Å². The number of nitrogens with zero attached hydrogens (tertiary/aromatic N) is 3. The molecule has 1 unspecified atom stereocenters. The van der Waals surface area contributed by atoms with E-state index in [0.29, 0.717) is 25.2 Å². The van der Waals surface area contributed by atoms with Crippen LogP contribution < -0.4 is 0 Å². The number of hydrogen-bond donors (Lipinski definition) is 0. The normalized spacial score (nSPS) is 19.9. The number of Topliss-reactive ketones (excluding diaryl/α,β-unsaturated/α-hetero) is 1. The molecule has 0 aromatic carbocycles. The predicted octanol–water partition coefficient (Wildman–Crippen LogP) is 1.44. The lowest BCUT2D eigenvalue weighted by Crippen LogP contribution is -2.24. The average Bonchev–Trinajstić information content (AvgIpc) is 2.71. The van der Waals surface area contributed by atoms with Crippen LogP contribution in [0.4, 0.5) is 0 Å². The van der Waals surface area contributed by atoms with E-state index in [2.05, 4.69) is 10.3 Å². The van der Waals surface area contributed by atoms with Crippen LogP contribution in [0.15, 0.2) is 10.3 Å². The number of carbonyl (C=O) groups excluding carboxylic acids is 1. The summed E-state index contributed by atoms with van der Waals surface area (Å²) in [6.07, 6.45) is 2.06. The van der Waals surface area contributed by atoms with E-state index in [-0.39, 0.29) is 6.04 Å². The lowest BCUT2D eigenvalue weighted by atomic mass is 10.1. The Kier molecular flexibility index (Phi) is 5.25. The average molecular weight is 213 g/mol. The first-order valence-electron chi connectivity index (χ1n) is 5.42.